The second kappa shape index (κ2) is 10.3. The number of anilines is 1. The number of nitrogens with one attached hydrogen (secondary N) is 1. The minimum atomic E-state index is -3.77. The van der Waals surface area contributed by atoms with E-state index in [0.29, 0.717) is 12.1 Å². The van der Waals surface area contributed by atoms with E-state index in [0.717, 1.165) is 23.3 Å². The molecule has 4 rings (SSSR count). The summed E-state index contributed by atoms with van der Waals surface area (Å²) >= 11 is 2.80. The first-order chi connectivity index (χ1) is 15.9. The molecule has 2 heterocycles. The first-order valence-corrected chi connectivity index (χ1v) is 13.7. The van der Waals surface area contributed by atoms with Gasteiger partial charge >= 0.3 is 0 Å². The maximum absolute atomic E-state index is 13.8. The molecule has 0 unspecified atom stereocenters. The number of carbonyl (C=O) groups is 1. The van der Waals surface area contributed by atoms with Gasteiger partial charge in [-0.2, -0.15) is 0 Å². The summed E-state index contributed by atoms with van der Waals surface area (Å²) in [6.07, 6.45) is 0.722. The van der Waals surface area contributed by atoms with Crippen molar-refractivity contribution in [3.05, 3.63) is 106 Å². The lowest BCUT2D eigenvalue weighted by Gasteiger charge is -2.30. The molecule has 0 spiro atoms. The van der Waals surface area contributed by atoms with Crippen molar-refractivity contribution in [1.82, 2.24) is 4.90 Å². The van der Waals surface area contributed by atoms with Gasteiger partial charge in [-0.05, 0) is 47.5 Å². The van der Waals surface area contributed by atoms with Crippen LogP contribution in [0.3, 0.4) is 0 Å². The fraction of sp³-hybridized carbons (Fsp3) is 0.160. The third-order valence-corrected chi connectivity index (χ3v) is 8.89. The number of para-hydroxylation sites is 1. The Kier molecular flexibility index (Phi) is 7.27. The van der Waals surface area contributed by atoms with Gasteiger partial charge in [0.25, 0.3) is 15.9 Å². The zero-order chi connectivity index (χ0) is 23.3. The summed E-state index contributed by atoms with van der Waals surface area (Å²) in [4.78, 5) is 16.8. The molecule has 0 bridgehead atoms. The van der Waals surface area contributed by atoms with Gasteiger partial charge < -0.3 is 4.90 Å². The molecular weight excluding hydrogens is 472 g/mol. The number of amides is 1. The maximum atomic E-state index is 13.8. The second-order valence-corrected chi connectivity index (χ2v) is 11.5. The largest absolute Gasteiger partial charge is 0.331 e. The van der Waals surface area contributed by atoms with E-state index in [2.05, 4.69) is 10.8 Å². The minimum absolute atomic E-state index is 0.0849. The van der Waals surface area contributed by atoms with Crippen LogP contribution < -0.4 is 4.72 Å². The topological polar surface area (TPSA) is 66.5 Å². The van der Waals surface area contributed by atoms with Crippen LogP contribution in [0.25, 0.3) is 0 Å². The average Bonchev–Trinajstić information content (AvgIpc) is 3.53. The molecule has 1 amide bonds. The molecule has 170 valence electrons. The molecule has 1 atom stereocenters. The average molecular weight is 497 g/mol. The predicted octanol–water partition coefficient (Wildman–Crippen LogP) is 5.88. The Hall–Kier alpha value is -2.94. The molecule has 0 aliphatic heterocycles. The summed E-state index contributed by atoms with van der Waals surface area (Å²) < 4.78 is 28.5. The number of sulfonamides is 1. The van der Waals surface area contributed by atoms with Gasteiger partial charge in [0.1, 0.15) is 4.21 Å². The van der Waals surface area contributed by atoms with Crippen LogP contribution in [0.15, 0.2) is 93.8 Å². The van der Waals surface area contributed by atoms with Gasteiger partial charge in [0, 0.05) is 23.9 Å². The Morgan fingerprint density at radius 1 is 0.909 bits per heavy atom. The quantitative estimate of drug-likeness (QED) is 0.314. The smallest absolute Gasteiger partial charge is 0.271 e. The van der Waals surface area contributed by atoms with E-state index in [4.69, 9.17) is 0 Å². The van der Waals surface area contributed by atoms with Crippen molar-refractivity contribution in [2.45, 2.75) is 30.1 Å². The number of benzene rings is 2. The van der Waals surface area contributed by atoms with Crippen LogP contribution in [0, 0.1) is 0 Å². The number of hydrogen-bond donors (Lipinski definition) is 1. The van der Waals surface area contributed by atoms with Crippen LogP contribution in [0.1, 0.15) is 27.7 Å². The van der Waals surface area contributed by atoms with Crippen LogP contribution in [0.5, 0.6) is 0 Å². The Morgan fingerprint density at radius 2 is 1.61 bits per heavy atom. The molecule has 2 aromatic carbocycles. The third kappa shape index (κ3) is 5.71. The molecule has 4 aromatic rings. The molecule has 33 heavy (non-hydrogen) atoms. The van der Waals surface area contributed by atoms with Gasteiger partial charge in [0.2, 0.25) is 0 Å². The normalized spacial score (nSPS) is 12.3. The van der Waals surface area contributed by atoms with Crippen molar-refractivity contribution < 1.29 is 13.2 Å². The summed E-state index contributed by atoms with van der Waals surface area (Å²) in [6, 6.07) is 23.8. The molecule has 0 saturated heterocycles. The molecule has 0 aliphatic rings. The number of carbonyl (C=O) groups excluding carboxylic acids is 1. The summed E-state index contributed by atoms with van der Waals surface area (Å²) in [5, 5.41) is 3.74. The molecule has 0 saturated carbocycles. The van der Waals surface area contributed by atoms with Gasteiger partial charge in [-0.1, -0.05) is 54.6 Å². The van der Waals surface area contributed by atoms with E-state index in [-0.39, 0.29) is 21.8 Å². The van der Waals surface area contributed by atoms with E-state index in [9.17, 15) is 13.2 Å². The summed E-state index contributed by atoms with van der Waals surface area (Å²) in [6.45, 7) is 2.46. The van der Waals surface area contributed by atoms with Crippen LogP contribution in [-0.4, -0.2) is 25.3 Å². The summed E-state index contributed by atoms with van der Waals surface area (Å²) in [5.41, 5.74) is 1.62. The second-order valence-electron chi connectivity index (χ2n) is 7.63. The summed E-state index contributed by atoms with van der Waals surface area (Å²) in [7, 11) is -3.77. The first kappa shape index (κ1) is 23.2. The van der Waals surface area contributed by atoms with E-state index in [1.165, 1.54) is 4.88 Å². The predicted molar refractivity (Wildman–Crippen MR) is 135 cm³/mol. The van der Waals surface area contributed by atoms with Gasteiger partial charge in [-0.25, -0.2) is 8.42 Å². The lowest BCUT2D eigenvalue weighted by Crippen LogP contribution is -2.39. The van der Waals surface area contributed by atoms with Gasteiger partial charge in [0.05, 0.1) is 11.3 Å². The Balaban J connectivity index is 1.65. The molecule has 0 fully saturated rings. The molecule has 1 N–H and O–H groups in total. The molecule has 0 aliphatic carbocycles. The highest BCUT2D eigenvalue weighted by Crippen LogP contribution is 2.26. The Morgan fingerprint density at radius 3 is 2.30 bits per heavy atom. The van der Waals surface area contributed by atoms with Crippen molar-refractivity contribution in [1.29, 1.82) is 0 Å². The zero-order valence-electron chi connectivity index (χ0n) is 18.0. The molecule has 2 aromatic heterocycles. The Labute approximate surface area is 202 Å². The summed E-state index contributed by atoms with van der Waals surface area (Å²) in [5.74, 6) is -0.215. The van der Waals surface area contributed by atoms with Crippen molar-refractivity contribution in [2.24, 2.45) is 0 Å². The van der Waals surface area contributed by atoms with E-state index < -0.39 is 10.0 Å². The number of thiophene rings is 2. The van der Waals surface area contributed by atoms with Crippen molar-refractivity contribution in [3.63, 3.8) is 0 Å². The molecule has 0 radical (unpaired) electrons. The van der Waals surface area contributed by atoms with Crippen molar-refractivity contribution in [3.8, 4) is 0 Å². The monoisotopic (exact) mass is 496 g/mol. The van der Waals surface area contributed by atoms with Crippen LogP contribution in [0.4, 0.5) is 5.69 Å². The molecular formula is C25H24N2O3S3. The van der Waals surface area contributed by atoms with E-state index >= 15 is 0 Å². The van der Waals surface area contributed by atoms with Gasteiger partial charge in [0.15, 0.2) is 0 Å². The minimum Gasteiger partial charge on any atom is -0.331 e. The number of hydrogen-bond acceptors (Lipinski definition) is 5. The van der Waals surface area contributed by atoms with Crippen LogP contribution >= 0.6 is 22.7 Å². The van der Waals surface area contributed by atoms with Crippen LogP contribution in [-0.2, 0) is 23.0 Å². The van der Waals surface area contributed by atoms with Crippen LogP contribution in [0.2, 0.25) is 0 Å². The SMILES string of the molecule is C[C@@H](Cc1cccs1)N(Cc1ccccc1)C(=O)c1ccccc1NS(=O)(=O)c1cccs1. The zero-order valence-corrected chi connectivity index (χ0v) is 20.5. The number of rotatable bonds is 9. The lowest BCUT2D eigenvalue weighted by molar-refractivity contribution is 0.0677. The maximum Gasteiger partial charge on any atom is 0.271 e. The first-order valence-electron chi connectivity index (χ1n) is 10.5. The van der Waals surface area contributed by atoms with E-state index in [1.54, 1.807) is 53.1 Å². The standard InChI is InChI=1S/C25H24N2O3S3/c1-19(17-21-11-7-15-31-21)27(18-20-9-3-2-4-10-20)25(28)22-12-5-6-13-23(22)26-33(29,30)24-14-8-16-32-24/h2-16,19,26H,17-18H2,1H3/t19-/m0/s1. The molecule has 5 nitrogen and oxygen atoms in total. The number of nitrogens with zero attached hydrogens (tertiary/aromatic N) is 1. The van der Waals surface area contributed by atoms with Crippen molar-refractivity contribution >= 4 is 44.3 Å². The lowest BCUT2D eigenvalue weighted by atomic mass is 10.1. The fourth-order valence-electron chi connectivity index (χ4n) is 3.56. The molecule has 8 heteroatoms. The highest BCUT2D eigenvalue weighted by Gasteiger charge is 2.26. The van der Waals surface area contributed by atoms with E-state index in [1.807, 2.05) is 53.6 Å². The highest BCUT2D eigenvalue weighted by molar-refractivity contribution is 7.94. The highest BCUT2D eigenvalue weighted by atomic mass is 32.2. The Bertz CT molecular complexity index is 1290. The fourth-order valence-corrected chi connectivity index (χ4v) is 6.46. The third-order valence-electron chi connectivity index (χ3n) is 5.23. The van der Waals surface area contributed by atoms with Gasteiger partial charge in [-0.15, -0.1) is 22.7 Å². The van der Waals surface area contributed by atoms with Gasteiger partial charge in [-0.3, -0.25) is 9.52 Å². The van der Waals surface area contributed by atoms with Crippen molar-refractivity contribution in [2.75, 3.05) is 4.72 Å².